The summed E-state index contributed by atoms with van der Waals surface area (Å²) in [6.07, 6.45) is 3.94. The van der Waals surface area contributed by atoms with Gasteiger partial charge in [-0.25, -0.2) is 18.1 Å². The van der Waals surface area contributed by atoms with Gasteiger partial charge in [0.15, 0.2) is 0 Å². The van der Waals surface area contributed by atoms with Gasteiger partial charge in [-0.3, -0.25) is 0 Å². The number of aromatic nitrogens is 1. The maximum atomic E-state index is 12.1. The molecule has 0 spiro atoms. The van der Waals surface area contributed by atoms with Gasteiger partial charge in [0, 0.05) is 11.7 Å². The van der Waals surface area contributed by atoms with Crippen LogP contribution < -0.4 is 4.72 Å². The molecule has 0 aromatic carbocycles. The number of halogens is 2. The fourth-order valence-electron chi connectivity index (χ4n) is 1.74. The molecule has 0 saturated heterocycles. The number of rotatable bonds is 3. The Morgan fingerprint density at radius 1 is 1.41 bits per heavy atom. The van der Waals surface area contributed by atoms with Gasteiger partial charge < -0.3 is 0 Å². The molecule has 0 amide bonds. The van der Waals surface area contributed by atoms with Crippen LogP contribution in [0.1, 0.15) is 26.2 Å². The van der Waals surface area contributed by atoms with Gasteiger partial charge >= 0.3 is 0 Å². The second-order valence-corrected chi connectivity index (χ2v) is 6.91. The first-order valence-electron chi connectivity index (χ1n) is 5.17. The van der Waals surface area contributed by atoms with Gasteiger partial charge in [-0.05, 0) is 32.3 Å². The number of sulfonamides is 1. The molecule has 0 radical (unpaired) electrons. The highest BCUT2D eigenvalue weighted by atomic mass is 35.5. The summed E-state index contributed by atoms with van der Waals surface area (Å²) in [7, 11) is -3.57. The largest absolute Gasteiger partial charge is 0.242 e. The first kappa shape index (κ1) is 13.1. The molecule has 0 atom stereocenters. The number of nitrogens with one attached hydrogen (secondary N) is 1. The van der Waals surface area contributed by atoms with Crippen LogP contribution in [0.4, 0.5) is 0 Å². The van der Waals surface area contributed by atoms with E-state index in [0.29, 0.717) is 0 Å². The molecule has 17 heavy (non-hydrogen) atoms. The summed E-state index contributed by atoms with van der Waals surface area (Å²) in [6.45, 7) is 1.89. The quantitative estimate of drug-likeness (QED) is 0.872. The lowest BCUT2D eigenvalue weighted by Gasteiger charge is -2.38. The lowest BCUT2D eigenvalue weighted by atomic mass is 9.80. The normalized spacial score (nSPS) is 18.8. The van der Waals surface area contributed by atoms with Crippen LogP contribution in [0.3, 0.4) is 0 Å². The standard InChI is InChI=1S/C10H12Cl2N2O2S/c1-10(3-2-4-10)14-17(15,16)7-5-8(11)9(12)13-6-7/h5-6,14H,2-4H2,1H3. The molecule has 1 aromatic rings. The summed E-state index contributed by atoms with van der Waals surface area (Å²) in [5.41, 5.74) is -0.342. The lowest BCUT2D eigenvalue weighted by molar-refractivity contribution is 0.248. The molecule has 1 aromatic heterocycles. The number of pyridine rings is 1. The smallest absolute Gasteiger partial charge is 0.242 e. The number of hydrogen-bond acceptors (Lipinski definition) is 3. The third kappa shape index (κ3) is 2.73. The van der Waals surface area contributed by atoms with E-state index in [-0.39, 0.29) is 20.6 Å². The predicted molar refractivity (Wildman–Crippen MR) is 66.8 cm³/mol. The first-order chi connectivity index (χ1) is 7.82. The Bertz CT molecular complexity index is 541. The van der Waals surface area contributed by atoms with Crippen LogP contribution in [0.25, 0.3) is 0 Å². The van der Waals surface area contributed by atoms with Crippen molar-refractivity contribution in [2.24, 2.45) is 0 Å². The minimum Gasteiger partial charge on any atom is -0.242 e. The van der Waals surface area contributed by atoms with Crippen LogP contribution in [-0.2, 0) is 10.0 Å². The molecule has 1 saturated carbocycles. The summed E-state index contributed by atoms with van der Waals surface area (Å²) in [4.78, 5) is 3.77. The molecule has 4 nitrogen and oxygen atoms in total. The Hall–Kier alpha value is -0.360. The van der Waals surface area contributed by atoms with Crippen molar-refractivity contribution >= 4 is 33.2 Å². The van der Waals surface area contributed by atoms with Crippen molar-refractivity contribution in [3.8, 4) is 0 Å². The van der Waals surface area contributed by atoms with E-state index >= 15 is 0 Å². The molecule has 0 bridgehead atoms. The Kier molecular flexibility index (Phi) is 3.38. The molecule has 1 fully saturated rings. The van der Waals surface area contributed by atoms with Crippen molar-refractivity contribution in [3.63, 3.8) is 0 Å². The maximum Gasteiger partial charge on any atom is 0.242 e. The van der Waals surface area contributed by atoms with Crippen LogP contribution in [-0.4, -0.2) is 18.9 Å². The minimum absolute atomic E-state index is 0.0417. The van der Waals surface area contributed by atoms with Crippen LogP contribution in [0.2, 0.25) is 10.2 Å². The molecule has 1 aliphatic rings. The van der Waals surface area contributed by atoms with Gasteiger partial charge in [-0.15, -0.1) is 0 Å². The van der Waals surface area contributed by atoms with Gasteiger partial charge in [-0.1, -0.05) is 23.2 Å². The molecule has 2 rings (SSSR count). The molecule has 0 unspecified atom stereocenters. The van der Waals surface area contributed by atoms with E-state index in [4.69, 9.17) is 23.2 Å². The molecule has 7 heteroatoms. The molecular weight excluding hydrogens is 283 g/mol. The maximum absolute atomic E-state index is 12.1. The van der Waals surface area contributed by atoms with E-state index in [1.807, 2.05) is 6.92 Å². The summed E-state index contributed by atoms with van der Waals surface area (Å²) in [5.74, 6) is 0. The zero-order valence-electron chi connectivity index (χ0n) is 9.20. The van der Waals surface area contributed by atoms with Gasteiger partial charge in [0.1, 0.15) is 10.0 Å². The van der Waals surface area contributed by atoms with Crippen molar-refractivity contribution in [2.75, 3.05) is 0 Å². The van der Waals surface area contributed by atoms with Crippen LogP contribution >= 0.6 is 23.2 Å². The summed E-state index contributed by atoms with van der Waals surface area (Å²) in [5, 5.41) is 0.230. The molecule has 1 aliphatic carbocycles. The van der Waals surface area contributed by atoms with E-state index < -0.39 is 10.0 Å². The Labute approximate surface area is 110 Å². The number of nitrogens with zero attached hydrogens (tertiary/aromatic N) is 1. The van der Waals surface area contributed by atoms with Crippen molar-refractivity contribution in [1.29, 1.82) is 0 Å². The molecular formula is C10H12Cl2N2O2S. The second-order valence-electron chi connectivity index (χ2n) is 4.46. The summed E-state index contributed by atoms with van der Waals surface area (Å²) >= 11 is 11.4. The first-order valence-corrected chi connectivity index (χ1v) is 7.41. The number of hydrogen-bond donors (Lipinski definition) is 1. The van der Waals surface area contributed by atoms with Crippen molar-refractivity contribution in [1.82, 2.24) is 9.71 Å². The van der Waals surface area contributed by atoms with E-state index in [9.17, 15) is 8.42 Å². The zero-order valence-corrected chi connectivity index (χ0v) is 11.5. The van der Waals surface area contributed by atoms with Crippen LogP contribution in [0.5, 0.6) is 0 Å². The fraction of sp³-hybridized carbons (Fsp3) is 0.500. The average Bonchev–Trinajstić information content (AvgIpc) is 2.19. The monoisotopic (exact) mass is 294 g/mol. The Balaban J connectivity index is 2.28. The van der Waals surface area contributed by atoms with Crippen molar-refractivity contribution in [3.05, 3.63) is 22.4 Å². The Morgan fingerprint density at radius 2 is 2.06 bits per heavy atom. The fourth-order valence-corrected chi connectivity index (χ4v) is 3.51. The molecule has 1 heterocycles. The minimum atomic E-state index is -3.57. The Morgan fingerprint density at radius 3 is 2.53 bits per heavy atom. The highest BCUT2D eigenvalue weighted by molar-refractivity contribution is 7.89. The highest BCUT2D eigenvalue weighted by Gasteiger charge is 2.36. The summed E-state index contributed by atoms with van der Waals surface area (Å²) in [6, 6.07) is 1.31. The topological polar surface area (TPSA) is 59.1 Å². The average molecular weight is 295 g/mol. The van der Waals surface area contributed by atoms with Gasteiger partial charge in [0.2, 0.25) is 10.0 Å². The zero-order chi connectivity index (χ0) is 12.7. The van der Waals surface area contributed by atoms with E-state index in [1.165, 1.54) is 12.3 Å². The lowest BCUT2D eigenvalue weighted by Crippen LogP contribution is -2.50. The van der Waals surface area contributed by atoms with E-state index in [1.54, 1.807) is 0 Å². The van der Waals surface area contributed by atoms with Crippen molar-refractivity contribution < 1.29 is 8.42 Å². The third-order valence-corrected chi connectivity index (χ3v) is 5.21. The van der Waals surface area contributed by atoms with Crippen LogP contribution in [0.15, 0.2) is 17.2 Å². The van der Waals surface area contributed by atoms with Gasteiger partial charge in [-0.2, -0.15) is 0 Å². The second kappa shape index (κ2) is 4.39. The third-order valence-electron chi connectivity index (χ3n) is 2.92. The molecule has 0 aliphatic heterocycles. The highest BCUT2D eigenvalue weighted by Crippen LogP contribution is 2.33. The predicted octanol–water partition coefficient (Wildman–Crippen LogP) is 2.61. The molecule has 1 N–H and O–H groups in total. The van der Waals surface area contributed by atoms with E-state index in [0.717, 1.165) is 19.3 Å². The van der Waals surface area contributed by atoms with Crippen LogP contribution in [0, 0.1) is 0 Å². The van der Waals surface area contributed by atoms with Crippen molar-refractivity contribution in [2.45, 2.75) is 36.6 Å². The molecule has 94 valence electrons. The summed E-state index contributed by atoms with van der Waals surface area (Å²) < 4.78 is 26.8. The SMILES string of the molecule is CC1(NS(=O)(=O)c2cnc(Cl)c(Cl)c2)CCC1. The van der Waals surface area contributed by atoms with Gasteiger partial charge in [0.05, 0.1) is 5.02 Å². The van der Waals surface area contributed by atoms with Gasteiger partial charge in [0.25, 0.3) is 0 Å². The van der Waals surface area contributed by atoms with E-state index in [2.05, 4.69) is 9.71 Å².